The molecule has 42 heavy (non-hydrogen) atoms. The van der Waals surface area contributed by atoms with Crippen LogP contribution in [0.1, 0.15) is 22.5 Å². The average Bonchev–Trinajstić information content (AvgIpc) is 3.62. The van der Waals surface area contributed by atoms with Gasteiger partial charge in [0.2, 0.25) is 0 Å². The zero-order valence-electron chi connectivity index (χ0n) is 23.5. The summed E-state index contributed by atoms with van der Waals surface area (Å²) in [6.45, 7) is 0.896. The van der Waals surface area contributed by atoms with Gasteiger partial charge in [-0.25, -0.2) is 13.2 Å². The molecule has 5 rings (SSSR count). The second-order valence-electron chi connectivity index (χ2n) is 9.53. The van der Waals surface area contributed by atoms with Gasteiger partial charge in [0.05, 0.1) is 18.9 Å². The molecular formula is C30H31N5O5S2. The molecule has 0 unspecified atom stereocenters. The fourth-order valence-corrected chi connectivity index (χ4v) is 6.98. The summed E-state index contributed by atoms with van der Waals surface area (Å²) in [4.78, 5) is 16.6. The lowest BCUT2D eigenvalue weighted by atomic mass is 10.0. The number of methoxy groups -OCH3 is 2. The number of carbonyl (C=O) groups is 1. The maximum atomic E-state index is 13.9. The molecule has 0 radical (unpaired) electrons. The zero-order chi connectivity index (χ0) is 29.7. The van der Waals surface area contributed by atoms with Gasteiger partial charge < -0.3 is 19.4 Å². The molecule has 0 atom stereocenters. The lowest BCUT2D eigenvalue weighted by Gasteiger charge is -2.23. The molecule has 0 saturated heterocycles. The first-order valence-corrected chi connectivity index (χ1v) is 15.4. The molecule has 2 aromatic carbocycles. The van der Waals surface area contributed by atoms with Gasteiger partial charge in [0, 0.05) is 32.9 Å². The Labute approximate surface area is 248 Å². The molecule has 0 saturated carbocycles. The van der Waals surface area contributed by atoms with E-state index >= 15 is 0 Å². The summed E-state index contributed by atoms with van der Waals surface area (Å²) < 4.78 is 46.1. The van der Waals surface area contributed by atoms with Crippen LogP contribution < -0.4 is 10.1 Å². The Kier molecular flexibility index (Phi) is 8.86. The van der Waals surface area contributed by atoms with Crippen LogP contribution in [0, 0.1) is 0 Å². The van der Waals surface area contributed by atoms with Crippen LogP contribution in [0.25, 0.3) is 21.3 Å². The first-order valence-electron chi connectivity index (χ1n) is 13.2. The molecule has 5 aromatic rings. The summed E-state index contributed by atoms with van der Waals surface area (Å²) in [7, 11) is 0.468. The second kappa shape index (κ2) is 12.7. The Hall–Kier alpha value is -4.26. The number of aromatic nitrogens is 3. The summed E-state index contributed by atoms with van der Waals surface area (Å²) in [5, 5.41) is 3.30. The minimum absolute atomic E-state index is 0.0143. The lowest BCUT2D eigenvalue weighted by molar-refractivity contribution is 0.0589. The number of anilines is 1. The van der Waals surface area contributed by atoms with Crippen LogP contribution in [0.4, 0.5) is 5.82 Å². The number of carbonyl (C=O) groups excluding carboxylic acids is 1. The SMILES string of the molecule is COC(=O)c1ccc(S(=O)(=O)N(CCCNc2nsc3cccnc23)Cc2ccc(-c3ccc(OC)cc3)cc2)n1C. The van der Waals surface area contributed by atoms with Crippen molar-refractivity contribution < 1.29 is 22.7 Å². The lowest BCUT2D eigenvalue weighted by Crippen LogP contribution is -2.34. The Balaban J connectivity index is 1.35. The number of nitrogens with zero attached hydrogens (tertiary/aromatic N) is 4. The first-order chi connectivity index (χ1) is 20.3. The molecule has 0 amide bonds. The highest BCUT2D eigenvalue weighted by Gasteiger charge is 2.29. The number of ether oxygens (including phenoxy) is 2. The number of sulfonamides is 1. The van der Waals surface area contributed by atoms with Crippen molar-refractivity contribution in [3.05, 3.63) is 90.3 Å². The van der Waals surface area contributed by atoms with E-state index in [-0.39, 0.29) is 23.8 Å². The Morgan fingerprint density at radius 2 is 1.71 bits per heavy atom. The average molecular weight is 606 g/mol. The number of nitrogens with one attached hydrogen (secondary N) is 1. The Bertz CT molecular complexity index is 1780. The van der Waals surface area contributed by atoms with Crippen LogP contribution in [0.5, 0.6) is 5.75 Å². The summed E-state index contributed by atoms with van der Waals surface area (Å²) in [6.07, 6.45) is 2.24. The van der Waals surface area contributed by atoms with Gasteiger partial charge in [-0.15, -0.1) is 0 Å². The maximum Gasteiger partial charge on any atom is 0.354 e. The predicted octanol–water partition coefficient (Wildman–Crippen LogP) is 5.19. The quantitative estimate of drug-likeness (QED) is 0.153. The summed E-state index contributed by atoms with van der Waals surface area (Å²) in [5.41, 5.74) is 3.82. The maximum absolute atomic E-state index is 13.9. The predicted molar refractivity (Wildman–Crippen MR) is 163 cm³/mol. The van der Waals surface area contributed by atoms with Crippen molar-refractivity contribution >= 4 is 43.6 Å². The third kappa shape index (κ3) is 6.15. The van der Waals surface area contributed by atoms with Gasteiger partial charge in [-0.3, -0.25) is 4.98 Å². The number of rotatable bonds is 12. The molecule has 218 valence electrons. The minimum Gasteiger partial charge on any atom is -0.497 e. The van der Waals surface area contributed by atoms with E-state index < -0.39 is 16.0 Å². The summed E-state index contributed by atoms with van der Waals surface area (Å²) >= 11 is 1.36. The van der Waals surface area contributed by atoms with E-state index in [9.17, 15) is 13.2 Å². The fraction of sp³-hybridized carbons (Fsp3) is 0.233. The molecule has 3 heterocycles. The van der Waals surface area contributed by atoms with E-state index in [1.54, 1.807) is 20.4 Å². The van der Waals surface area contributed by atoms with E-state index in [0.29, 0.717) is 18.8 Å². The fourth-order valence-electron chi connectivity index (χ4n) is 4.63. The Morgan fingerprint density at radius 1 is 1.00 bits per heavy atom. The van der Waals surface area contributed by atoms with Gasteiger partial charge in [-0.1, -0.05) is 36.4 Å². The van der Waals surface area contributed by atoms with Gasteiger partial charge in [0.1, 0.15) is 17.0 Å². The summed E-state index contributed by atoms with van der Waals surface area (Å²) in [6, 6.07) is 22.3. The summed E-state index contributed by atoms with van der Waals surface area (Å²) in [5.74, 6) is 0.859. The van der Waals surface area contributed by atoms with Crippen LogP contribution in [0.2, 0.25) is 0 Å². The van der Waals surface area contributed by atoms with Gasteiger partial charge >= 0.3 is 5.97 Å². The van der Waals surface area contributed by atoms with E-state index in [0.717, 1.165) is 32.7 Å². The van der Waals surface area contributed by atoms with Crippen LogP contribution >= 0.6 is 11.5 Å². The van der Waals surface area contributed by atoms with E-state index in [2.05, 4.69) is 14.7 Å². The molecule has 1 N–H and O–H groups in total. The molecular weight excluding hydrogens is 574 g/mol. The monoisotopic (exact) mass is 605 g/mol. The molecule has 0 bridgehead atoms. The minimum atomic E-state index is -3.97. The van der Waals surface area contributed by atoms with Crippen LogP contribution in [0.15, 0.2) is 84.0 Å². The standard InChI is InChI=1S/C30H31N5O5S2/c1-34-25(30(36)40-3)15-16-27(34)42(37,38)35(19-5-18-32-29-28-26(41-33-29)6-4-17-31-28)20-21-7-9-22(10-8-21)23-11-13-24(39-2)14-12-23/h4,6-17H,5,18-20H2,1-3H3,(H,32,33). The number of hydrogen-bond donors (Lipinski definition) is 1. The highest BCUT2D eigenvalue weighted by molar-refractivity contribution is 7.89. The zero-order valence-corrected chi connectivity index (χ0v) is 25.1. The molecule has 0 fully saturated rings. The molecule has 10 nitrogen and oxygen atoms in total. The Morgan fingerprint density at radius 3 is 2.40 bits per heavy atom. The number of hydrogen-bond acceptors (Lipinski definition) is 9. The van der Waals surface area contributed by atoms with E-state index in [1.807, 2.05) is 60.7 Å². The normalized spacial score (nSPS) is 11.6. The van der Waals surface area contributed by atoms with Crippen molar-refractivity contribution in [2.45, 2.75) is 18.0 Å². The first kappa shape index (κ1) is 29.2. The highest BCUT2D eigenvalue weighted by atomic mass is 32.2. The van der Waals surface area contributed by atoms with Crippen molar-refractivity contribution in [1.82, 2.24) is 18.2 Å². The van der Waals surface area contributed by atoms with Crippen LogP contribution in [-0.4, -0.2) is 59.9 Å². The largest absolute Gasteiger partial charge is 0.497 e. The second-order valence-corrected chi connectivity index (χ2v) is 12.2. The number of esters is 1. The molecule has 0 aliphatic heterocycles. The van der Waals surface area contributed by atoms with Gasteiger partial charge in [0.25, 0.3) is 10.0 Å². The highest BCUT2D eigenvalue weighted by Crippen LogP contribution is 2.26. The molecule has 3 aromatic heterocycles. The van der Waals surface area contributed by atoms with Crippen molar-refractivity contribution in [2.75, 3.05) is 32.6 Å². The molecule has 12 heteroatoms. The van der Waals surface area contributed by atoms with Gasteiger partial charge in [-0.05, 0) is 71.0 Å². The van der Waals surface area contributed by atoms with Crippen molar-refractivity contribution in [3.8, 4) is 16.9 Å². The van der Waals surface area contributed by atoms with Crippen LogP contribution in [0.3, 0.4) is 0 Å². The van der Waals surface area contributed by atoms with Crippen molar-refractivity contribution in [2.24, 2.45) is 7.05 Å². The van der Waals surface area contributed by atoms with Gasteiger partial charge in [0.15, 0.2) is 10.8 Å². The van der Waals surface area contributed by atoms with Gasteiger partial charge in [-0.2, -0.15) is 8.68 Å². The molecule has 0 aliphatic rings. The number of pyridine rings is 1. The van der Waals surface area contributed by atoms with Crippen molar-refractivity contribution in [3.63, 3.8) is 0 Å². The number of benzene rings is 2. The third-order valence-corrected chi connectivity index (χ3v) is 9.65. The molecule has 0 aliphatic carbocycles. The van der Waals surface area contributed by atoms with E-state index in [1.165, 1.54) is 39.6 Å². The third-order valence-electron chi connectivity index (χ3n) is 6.92. The van der Waals surface area contributed by atoms with E-state index in [4.69, 9.17) is 9.47 Å². The van der Waals surface area contributed by atoms with Crippen molar-refractivity contribution in [1.29, 1.82) is 0 Å². The number of fused-ring (bicyclic) bond motifs is 1. The molecule has 0 spiro atoms. The smallest absolute Gasteiger partial charge is 0.354 e. The topological polar surface area (TPSA) is 116 Å². The van der Waals surface area contributed by atoms with Crippen LogP contribution in [-0.2, 0) is 28.4 Å².